The van der Waals surface area contributed by atoms with Crippen LogP contribution in [-0.2, 0) is 9.47 Å². The van der Waals surface area contributed by atoms with Crippen molar-refractivity contribution in [1.29, 1.82) is 0 Å². The summed E-state index contributed by atoms with van der Waals surface area (Å²) in [6, 6.07) is -1.26. The average Bonchev–Trinajstić information content (AvgIpc) is 2.96. The van der Waals surface area contributed by atoms with Crippen molar-refractivity contribution in [3.05, 3.63) is 0 Å². The van der Waals surface area contributed by atoms with Crippen molar-refractivity contribution in [3.63, 3.8) is 0 Å². The summed E-state index contributed by atoms with van der Waals surface area (Å²) in [4.78, 5) is 23.5. The normalized spacial score (nSPS) is 24.0. The fourth-order valence-electron chi connectivity index (χ4n) is 5.20. The van der Waals surface area contributed by atoms with Crippen LogP contribution in [0.2, 0.25) is 0 Å². The molecule has 0 radical (unpaired) electrons. The second-order valence-corrected chi connectivity index (χ2v) is 11.4. The Bertz CT molecular complexity index is 1020. The molecule has 0 aromatic heterocycles. The molecule has 0 aliphatic heterocycles. The molecular weight excluding hydrogens is 677 g/mol. The van der Waals surface area contributed by atoms with E-state index in [2.05, 4.69) is 20.1 Å². The third-order valence-corrected chi connectivity index (χ3v) is 8.01. The van der Waals surface area contributed by atoms with Gasteiger partial charge in [-0.1, -0.05) is 0 Å². The predicted octanol–water partition coefficient (Wildman–Crippen LogP) is 7.99. The smallest absolute Gasteiger partial charge is 0.407 e. The van der Waals surface area contributed by atoms with Gasteiger partial charge in [0.2, 0.25) is 0 Å². The first-order valence-electron chi connectivity index (χ1n) is 13.9. The topological polar surface area (TPSA) is 76.7 Å². The van der Waals surface area contributed by atoms with E-state index < -0.39 is 86.1 Å². The summed E-state index contributed by atoms with van der Waals surface area (Å²) in [5.41, 5.74) is 0. The molecule has 21 heteroatoms. The molecule has 2 amide bonds. The van der Waals surface area contributed by atoms with Crippen LogP contribution in [-0.4, -0.2) is 86.1 Å². The third-order valence-electron chi connectivity index (χ3n) is 8.01. The van der Waals surface area contributed by atoms with E-state index in [1.807, 2.05) is 0 Å². The monoisotopic (exact) mass is 708 g/mol. The van der Waals surface area contributed by atoms with Crippen LogP contribution in [0.3, 0.4) is 0 Å². The van der Waals surface area contributed by atoms with Crippen molar-refractivity contribution in [2.24, 2.45) is 11.8 Å². The minimum Gasteiger partial charge on any atom is -0.443 e. The van der Waals surface area contributed by atoms with E-state index in [-0.39, 0.29) is 11.8 Å². The number of carbonyl (C=O) groups is 2. The number of amides is 2. The molecule has 2 rings (SSSR count). The predicted molar refractivity (Wildman–Crippen MR) is 127 cm³/mol. The van der Waals surface area contributed by atoms with Crippen molar-refractivity contribution in [2.75, 3.05) is 19.9 Å². The molecule has 0 heterocycles. The number of ether oxygens (including phenoxy) is 2. The van der Waals surface area contributed by atoms with Crippen LogP contribution in [0.25, 0.3) is 0 Å². The maximum absolute atomic E-state index is 13.5. The molecule has 0 aromatic rings. The van der Waals surface area contributed by atoms with Crippen molar-refractivity contribution in [1.82, 2.24) is 10.6 Å². The molecular formula is C25H31F15N2O4. The summed E-state index contributed by atoms with van der Waals surface area (Å²) >= 11 is 0. The Morgan fingerprint density at radius 2 is 0.935 bits per heavy atom. The second kappa shape index (κ2) is 14.7. The number of alkyl carbamates (subject to hydrolysis) is 2. The van der Waals surface area contributed by atoms with Crippen molar-refractivity contribution >= 4 is 12.2 Å². The van der Waals surface area contributed by atoms with Gasteiger partial charge in [-0.25, -0.2) is 22.8 Å². The van der Waals surface area contributed by atoms with E-state index in [1.165, 1.54) is 0 Å². The van der Waals surface area contributed by atoms with Crippen LogP contribution in [0.15, 0.2) is 0 Å². The van der Waals surface area contributed by atoms with E-state index in [4.69, 9.17) is 0 Å². The van der Waals surface area contributed by atoms with Crippen LogP contribution in [0.4, 0.5) is 75.4 Å². The number of hydrogen-bond donors (Lipinski definition) is 2. The zero-order chi connectivity index (χ0) is 35.4. The van der Waals surface area contributed by atoms with Gasteiger partial charge < -0.3 is 20.1 Å². The second-order valence-electron chi connectivity index (χ2n) is 11.4. The molecule has 2 aliphatic rings. The molecule has 2 fully saturated rings. The standard InChI is InChI=1S/C25H31F15N2O4/c26-10-20(29,30)24(37,38)21(31,32)11-45-18(43)41-15-5-1-13(2-6-15)9-14-3-7-16(8-4-14)42-19(44)46-12-22(33,34)25(39,40)23(35,36)17(27)28/h13-17H,1-12H2,(H,41,43)(H,42,44). The van der Waals surface area contributed by atoms with Crippen molar-refractivity contribution < 1.29 is 84.9 Å². The van der Waals surface area contributed by atoms with Gasteiger partial charge in [0.25, 0.3) is 0 Å². The lowest BCUT2D eigenvalue weighted by atomic mass is 9.76. The molecule has 270 valence electrons. The molecule has 0 unspecified atom stereocenters. The van der Waals surface area contributed by atoms with Crippen molar-refractivity contribution in [2.45, 2.75) is 112 Å². The molecule has 2 saturated carbocycles. The van der Waals surface area contributed by atoms with Gasteiger partial charge in [0.05, 0.1) is 0 Å². The van der Waals surface area contributed by atoms with Gasteiger partial charge in [-0.3, -0.25) is 0 Å². The van der Waals surface area contributed by atoms with E-state index in [9.17, 15) is 75.4 Å². The minimum absolute atomic E-state index is 0.111. The number of halogens is 15. The van der Waals surface area contributed by atoms with Crippen LogP contribution >= 0.6 is 0 Å². The Balaban J connectivity index is 1.70. The number of rotatable bonds is 14. The Labute approximate surface area is 252 Å². The summed E-state index contributed by atoms with van der Waals surface area (Å²) in [7, 11) is 0. The van der Waals surface area contributed by atoms with E-state index in [0.717, 1.165) is 0 Å². The fourth-order valence-corrected chi connectivity index (χ4v) is 5.20. The highest BCUT2D eigenvalue weighted by Gasteiger charge is 2.76. The zero-order valence-corrected chi connectivity index (χ0v) is 23.7. The van der Waals surface area contributed by atoms with Gasteiger partial charge in [-0.05, 0) is 69.6 Å². The molecule has 0 saturated heterocycles. The SMILES string of the molecule is O=C(NC1CCC(CC2CCC(NC(=O)OCC(F)(F)C(F)(F)C(F)(F)C(F)F)CC2)CC1)OCC(F)(F)C(F)(F)C(F)(F)CF. The molecule has 2 N–H and O–H groups in total. The lowest BCUT2D eigenvalue weighted by Gasteiger charge is -2.34. The summed E-state index contributed by atoms with van der Waals surface area (Å²) in [6.07, 6.45) is -4.36. The summed E-state index contributed by atoms with van der Waals surface area (Å²) in [5.74, 6) is -35.8. The fraction of sp³-hybridized carbons (Fsp3) is 0.920. The van der Waals surface area contributed by atoms with E-state index >= 15 is 0 Å². The Kier molecular flexibility index (Phi) is 12.7. The first-order valence-corrected chi connectivity index (χ1v) is 13.9. The molecule has 0 aromatic carbocycles. The Hall–Kier alpha value is -2.51. The van der Waals surface area contributed by atoms with Crippen LogP contribution in [0.5, 0.6) is 0 Å². The molecule has 46 heavy (non-hydrogen) atoms. The Morgan fingerprint density at radius 1 is 0.587 bits per heavy atom. The molecule has 2 aliphatic carbocycles. The number of nitrogens with one attached hydrogen (secondary N) is 2. The van der Waals surface area contributed by atoms with Gasteiger partial charge >= 0.3 is 54.1 Å². The number of hydrogen-bond acceptors (Lipinski definition) is 4. The van der Waals surface area contributed by atoms with E-state index in [0.29, 0.717) is 57.8 Å². The average molecular weight is 709 g/mol. The highest BCUT2D eigenvalue weighted by molar-refractivity contribution is 5.68. The lowest BCUT2D eigenvalue weighted by Crippen LogP contribution is -2.59. The highest BCUT2D eigenvalue weighted by atomic mass is 19.4. The van der Waals surface area contributed by atoms with Gasteiger partial charge in [-0.15, -0.1) is 0 Å². The van der Waals surface area contributed by atoms with Gasteiger partial charge in [0.1, 0.15) is 0 Å². The quantitative estimate of drug-likeness (QED) is 0.180. The summed E-state index contributed by atoms with van der Waals surface area (Å²) < 4.78 is 203. The van der Waals surface area contributed by atoms with E-state index in [1.54, 1.807) is 0 Å². The minimum atomic E-state index is -6.51. The summed E-state index contributed by atoms with van der Waals surface area (Å²) in [6.45, 7) is -8.06. The largest absolute Gasteiger partial charge is 0.443 e. The maximum atomic E-state index is 13.5. The van der Waals surface area contributed by atoms with Gasteiger partial charge in [0, 0.05) is 12.1 Å². The molecule has 6 nitrogen and oxygen atoms in total. The first-order chi connectivity index (χ1) is 20.9. The third kappa shape index (κ3) is 9.09. The Morgan fingerprint density at radius 3 is 1.26 bits per heavy atom. The number of alkyl halides is 15. The van der Waals surface area contributed by atoms with Gasteiger partial charge in [-0.2, -0.15) is 52.7 Å². The van der Waals surface area contributed by atoms with Crippen LogP contribution in [0.1, 0.15) is 57.8 Å². The highest BCUT2D eigenvalue weighted by Crippen LogP contribution is 2.49. The van der Waals surface area contributed by atoms with Crippen LogP contribution in [0, 0.1) is 11.8 Å². The van der Waals surface area contributed by atoms with Crippen LogP contribution < -0.4 is 10.6 Å². The van der Waals surface area contributed by atoms with Gasteiger partial charge in [0.15, 0.2) is 19.9 Å². The molecule has 0 atom stereocenters. The van der Waals surface area contributed by atoms with Crippen molar-refractivity contribution in [3.8, 4) is 0 Å². The first kappa shape index (κ1) is 39.7. The lowest BCUT2D eigenvalue weighted by molar-refractivity contribution is -0.343. The number of carbonyl (C=O) groups excluding carboxylic acids is 2. The maximum Gasteiger partial charge on any atom is 0.407 e. The summed E-state index contributed by atoms with van der Waals surface area (Å²) in [5, 5.41) is 4.29. The molecule has 0 spiro atoms. The molecule has 0 bridgehead atoms. The zero-order valence-electron chi connectivity index (χ0n) is 23.7.